The Kier molecular flexibility index (Phi) is 4.60. The molecule has 1 aromatic rings. The third-order valence-corrected chi connectivity index (χ3v) is 3.54. The number of alkyl halides is 3. The number of nitrogens with zero attached hydrogens (tertiary/aromatic N) is 1. The molecule has 0 bridgehead atoms. The normalized spacial score (nSPS) is 22.0. The number of hydrogen-bond acceptors (Lipinski definition) is 3. The van der Waals surface area contributed by atoms with E-state index in [1.807, 2.05) is 0 Å². The minimum Gasteiger partial charge on any atom is -0.490 e. The monoisotopic (exact) mass is 321 g/mol. The molecule has 1 heterocycles. The number of amides is 1. The third-order valence-electron chi connectivity index (χ3n) is 3.54. The van der Waals surface area contributed by atoms with E-state index in [4.69, 9.17) is 4.74 Å². The van der Waals surface area contributed by atoms with E-state index in [2.05, 4.69) is 0 Å². The second-order valence-corrected chi connectivity index (χ2v) is 5.12. The third kappa shape index (κ3) is 3.49. The number of carbonyl (C=O) groups excluding carboxylic acids is 1. The Balaban J connectivity index is 1.83. The van der Waals surface area contributed by atoms with Crippen molar-refractivity contribution >= 4 is 5.91 Å². The standard InChI is InChI=1S/C14H15F4NO3/c15-10-3-1-2-4-11(10)22-8-5-12(20)19-7-6-13(21,9-19)14(16,17)18/h1-4,21H,5-9H2/t13-/m1/s1. The Labute approximate surface area is 124 Å². The van der Waals surface area contributed by atoms with Crippen molar-refractivity contribution < 1.29 is 32.2 Å². The van der Waals surface area contributed by atoms with E-state index in [9.17, 15) is 27.5 Å². The van der Waals surface area contributed by atoms with Gasteiger partial charge in [-0.15, -0.1) is 0 Å². The Morgan fingerprint density at radius 2 is 2.05 bits per heavy atom. The molecule has 1 saturated heterocycles. The van der Waals surface area contributed by atoms with Crippen molar-refractivity contribution in [2.75, 3.05) is 19.7 Å². The van der Waals surface area contributed by atoms with Crippen LogP contribution in [0.25, 0.3) is 0 Å². The first-order valence-corrected chi connectivity index (χ1v) is 6.67. The van der Waals surface area contributed by atoms with Gasteiger partial charge in [-0.05, 0) is 12.1 Å². The Hall–Kier alpha value is -1.83. The van der Waals surface area contributed by atoms with Crippen molar-refractivity contribution in [3.8, 4) is 5.75 Å². The predicted octanol–water partition coefficient (Wildman–Crippen LogP) is 2.12. The highest BCUT2D eigenvalue weighted by atomic mass is 19.4. The summed E-state index contributed by atoms with van der Waals surface area (Å²) < 4.78 is 56.3. The van der Waals surface area contributed by atoms with Crippen LogP contribution in [0.1, 0.15) is 12.8 Å². The van der Waals surface area contributed by atoms with Crippen LogP contribution in [0.5, 0.6) is 5.75 Å². The molecular formula is C14H15F4NO3. The van der Waals surface area contributed by atoms with Crippen LogP contribution >= 0.6 is 0 Å². The van der Waals surface area contributed by atoms with Gasteiger partial charge in [-0.3, -0.25) is 4.79 Å². The van der Waals surface area contributed by atoms with Gasteiger partial charge in [0.15, 0.2) is 17.2 Å². The fraction of sp³-hybridized carbons (Fsp3) is 0.500. The van der Waals surface area contributed by atoms with Crippen LogP contribution in [0, 0.1) is 5.82 Å². The lowest BCUT2D eigenvalue weighted by atomic mass is 10.0. The first-order valence-electron chi connectivity index (χ1n) is 6.67. The number of para-hydroxylation sites is 1. The highest BCUT2D eigenvalue weighted by Crippen LogP contribution is 2.37. The molecule has 1 amide bonds. The second-order valence-electron chi connectivity index (χ2n) is 5.12. The SMILES string of the molecule is O=C(CCOc1ccccc1F)N1CC[C@](O)(C(F)(F)F)C1. The summed E-state index contributed by atoms with van der Waals surface area (Å²) in [5.41, 5.74) is -2.85. The van der Waals surface area contributed by atoms with Gasteiger partial charge >= 0.3 is 6.18 Å². The van der Waals surface area contributed by atoms with Crippen LogP contribution in [-0.4, -0.2) is 47.4 Å². The molecule has 122 valence electrons. The van der Waals surface area contributed by atoms with Crippen LogP contribution < -0.4 is 4.74 Å². The summed E-state index contributed by atoms with van der Waals surface area (Å²) in [4.78, 5) is 12.8. The van der Waals surface area contributed by atoms with Crippen LogP contribution in [0.3, 0.4) is 0 Å². The largest absolute Gasteiger partial charge is 0.490 e. The van der Waals surface area contributed by atoms with E-state index < -0.39 is 36.5 Å². The summed E-state index contributed by atoms with van der Waals surface area (Å²) in [6, 6.07) is 5.62. The summed E-state index contributed by atoms with van der Waals surface area (Å²) in [6.07, 6.45) is -5.51. The number of likely N-dealkylation sites (tertiary alicyclic amines) is 1. The molecule has 1 aliphatic rings. The van der Waals surface area contributed by atoms with Crippen LogP contribution in [0.2, 0.25) is 0 Å². The average molecular weight is 321 g/mol. The molecule has 0 aromatic heterocycles. The maximum Gasteiger partial charge on any atom is 0.419 e. The predicted molar refractivity (Wildman–Crippen MR) is 68.7 cm³/mol. The molecule has 4 nitrogen and oxygen atoms in total. The zero-order valence-electron chi connectivity index (χ0n) is 11.6. The molecule has 1 fully saturated rings. The maximum absolute atomic E-state index is 13.3. The first kappa shape index (κ1) is 16.5. The zero-order chi connectivity index (χ0) is 16.4. The second kappa shape index (κ2) is 6.12. The number of ether oxygens (including phenoxy) is 1. The molecule has 0 aliphatic carbocycles. The average Bonchev–Trinajstić information content (AvgIpc) is 2.84. The van der Waals surface area contributed by atoms with Gasteiger partial charge in [0.2, 0.25) is 5.91 Å². The molecule has 22 heavy (non-hydrogen) atoms. The summed E-state index contributed by atoms with van der Waals surface area (Å²) >= 11 is 0. The van der Waals surface area contributed by atoms with Crippen molar-refractivity contribution in [3.63, 3.8) is 0 Å². The van der Waals surface area contributed by atoms with Crippen molar-refractivity contribution in [1.82, 2.24) is 4.90 Å². The summed E-state index contributed by atoms with van der Waals surface area (Å²) in [5, 5.41) is 9.49. The van der Waals surface area contributed by atoms with Crippen molar-refractivity contribution in [1.29, 1.82) is 0 Å². The highest BCUT2D eigenvalue weighted by molar-refractivity contribution is 5.76. The molecule has 1 aliphatic heterocycles. The van der Waals surface area contributed by atoms with E-state index in [1.165, 1.54) is 18.2 Å². The smallest absolute Gasteiger partial charge is 0.419 e. The van der Waals surface area contributed by atoms with Gasteiger partial charge in [-0.1, -0.05) is 12.1 Å². The summed E-state index contributed by atoms with van der Waals surface area (Å²) in [7, 11) is 0. The van der Waals surface area contributed by atoms with Crippen LogP contribution in [-0.2, 0) is 4.79 Å². The van der Waals surface area contributed by atoms with Gasteiger partial charge in [0.05, 0.1) is 19.6 Å². The van der Waals surface area contributed by atoms with E-state index >= 15 is 0 Å². The van der Waals surface area contributed by atoms with E-state index in [0.29, 0.717) is 0 Å². The van der Waals surface area contributed by atoms with Crippen LogP contribution in [0.15, 0.2) is 24.3 Å². The minimum atomic E-state index is -4.77. The van der Waals surface area contributed by atoms with E-state index in [-0.39, 0.29) is 25.3 Å². The highest BCUT2D eigenvalue weighted by Gasteiger charge is 2.57. The lowest BCUT2D eigenvalue weighted by Gasteiger charge is -2.25. The van der Waals surface area contributed by atoms with E-state index in [0.717, 1.165) is 4.90 Å². The molecule has 1 N–H and O–H groups in total. The number of β-amino-alcohol motifs (C(OH)–C–C–N with tert-alkyl or cyclic N) is 1. The lowest BCUT2D eigenvalue weighted by Crippen LogP contribution is -2.48. The molecule has 0 unspecified atom stereocenters. The number of halogens is 4. The summed E-state index contributed by atoms with van der Waals surface area (Å²) in [5.74, 6) is -1.18. The molecule has 1 aromatic carbocycles. The number of hydrogen-bond donors (Lipinski definition) is 1. The fourth-order valence-corrected chi connectivity index (χ4v) is 2.21. The number of aliphatic hydroxyl groups is 1. The minimum absolute atomic E-state index is 0.0245. The molecule has 0 spiro atoms. The quantitative estimate of drug-likeness (QED) is 0.864. The molecule has 0 saturated carbocycles. The van der Waals surface area contributed by atoms with Gasteiger partial charge in [0.25, 0.3) is 0 Å². The maximum atomic E-state index is 13.3. The van der Waals surface area contributed by atoms with Crippen molar-refractivity contribution in [3.05, 3.63) is 30.1 Å². The Morgan fingerprint density at radius 1 is 1.36 bits per heavy atom. The number of benzene rings is 1. The topological polar surface area (TPSA) is 49.8 Å². The van der Waals surface area contributed by atoms with Gasteiger partial charge in [-0.25, -0.2) is 4.39 Å². The van der Waals surface area contributed by atoms with Gasteiger partial charge in [0.1, 0.15) is 0 Å². The molecular weight excluding hydrogens is 306 g/mol. The van der Waals surface area contributed by atoms with Gasteiger partial charge < -0.3 is 14.7 Å². The Bertz CT molecular complexity index is 549. The van der Waals surface area contributed by atoms with Crippen molar-refractivity contribution in [2.24, 2.45) is 0 Å². The van der Waals surface area contributed by atoms with Crippen LogP contribution in [0.4, 0.5) is 17.6 Å². The fourth-order valence-electron chi connectivity index (χ4n) is 2.21. The molecule has 2 rings (SSSR count). The van der Waals surface area contributed by atoms with Gasteiger partial charge in [0, 0.05) is 13.0 Å². The van der Waals surface area contributed by atoms with Crippen molar-refractivity contribution in [2.45, 2.75) is 24.6 Å². The van der Waals surface area contributed by atoms with Gasteiger partial charge in [-0.2, -0.15) is 13.2 Å². The first-order chi connectivity index (χ1) is 10.2. The molecule has 8 heteroatoms. The number of rotatable bonds is 4. The summed E-state index contributed by atoms with van der Waals surface area (Å²) in [6.45, 7) is -1.11. The number of carbonyl (C=O) groups is 1. The molecule has 1 atom stereocenters. The zero-order valence-corrected chi connectivity index (χ0v) is 11.6. The Morgan fingerprint density at radius 3 is 2.64 bits per heavy atom. The van der Waals surface area contributed by atoms with E-state index in [1.54, 1.807) is 6.07 Å². The molecule has 0 radical (unpaired) electrons. The lowest BCUT2D eigenvalue weighted by molar-refractivity contribution is -0.253.